The average molecular weight is 1790 g/mol. The lowest BCUT2D eigenvalue weighted by Crippen LogP contribution is -2.74. The Morgan fingerprint density at radius 3 is 1.66 bits per heavy atom. The number of ketones is 3. The first-order chi connectivity index (χ1) is 57.7. The number of alkyl halides is 2. The molecule has 1 saturated carbocycles. The van der Waals surface area contributed by atoms with Crippen LogP contribution >= 0.6 is 0 Å². The van der Waals surface area contributed by atoms with Gasteiger partial charge in [-0.3, -0.25) is 24.4 Å². The lowest BCUT2D eigenvalue weighted by atomic mass is 9.84. The number of Topliss-reactive ketones (excluding diaryl/α,β-unsaturated/α-hetero) is 3. The summed E-state index contributed by atoms with van der Waals surface area (Å²) in [4.78, 5) is 61.6. The molecule has 0 radical (unpaired) electrons. The number of sulfone groups is 1. The molecule has 8 aromatic carbocycles. The van der Waals surface area contributed by atoms with Gasteiger partial charge < -0.3 is 24.4 Å². The summed E-state index contributed by atoms with van der Waals surface area (Å²) in [5, 5.41) is 39.3. The van der Waals surface area contributed by atoms with Gasteiger partial charge in [0.15, 0.2) is 22.2 Å². The Kier molecular flexibility index (Phi) is 59.3. The Hall–Kier alpha value is -10.7. The number of nitrogens with one attached hydrogen (secondary N) is 1. The van der Waals surface area contributed by atoms with Gasteiger partial charge >= 0.3 is 5.97 Å². The zero-order valence-electron chi connectivity index (χ0n) is 75.1. The fourth-order valence-electron chi connectivity index (χ4n) is 13.6. The summed E-state index contributed by atoms with van der Waals surface area (Å²) in [5.41, 5.74) is 10.7. The topological polar surface area (TPSA) is 270 Å². The van der Waals surface area contributed by atoms with Crippen LogP contribution in [0.1, 0.15) is 278 Å². The van der Waals surface area contributed by atoms with E-state index in [4.69, 9.17) is 20.0 Å². The number of quaternary nitrogens is 1. The summed E-state index contributed by atoms with van der Waals surface area (Å²) in [6.07, 6.45) is 8.16. The lowest BCUT2D eigenvalue weighted by molar-refractivity contribution is -0.825. The normalized spacial score (nSPS) is 13.3. The number of piperidine rings is 1. The second-order valence-corrected chi connectivity index (χ2v) is 35.9. The first kappa shape index (κ1) is 121. The number of hydrogen-bond donors (Lipinski definition) is 4. The highest BCUT2D eigenvalue weighted by Gasteiger charge is 2.31. The van der Waals surface area contributed by atoms with Crippen LogP contribution in [0.2, 0.25) is 0 Å². The highest BCUT2D eigenvalue weighted by atomic mass is 32.2. The molecule has 2 fully saturated rings. The number of ether oxygens (including phenoxy) is 3. The van der Waals surface area contributed by atoms with E-state index >= 15 is 0 Å². The number of nitrogens with two attached hydrogens (primary N) is 1. The highest BCUT2D eigenvalue weighted by molar-refractivity contribution is 7.92. The number of nitrogens with zero attached hydrogens (tertiary/aromatic N) is 4. The minimum absolute atomic E-state index is 0. The van der Waals surface area contributed by atoms with E-state index in [1.165, 1.54) is 30.4 Å². The molecule has 10 rings (SSSR count). The van der Waals surface area contributed by atoms with Crippen molar-refractivity contribution >= 4 is 68.5 Å². The standard InChI is InChI=1S/C25H27NO3.C15H22N2O2.C13H15NO2.C13H24O3S.C12H13F2N.C12H16NO2.C11H16.6CH4/c1-19(2)17-20-9-8-10-21(18-20)26-25(27)23-13-6-7-14-24(23)29-16-15-28-22-11-4-3-5-12-22;1-11(2)15(18)12-7-9-17(10-8-12)14-6-4-3-5-13(14)16-19;1-9(2)7-10-5-4-6-11(12(10)8-14)13(15)16-3;1-10(2)13(14)9-17(15,16)8-12-6-4-11(3)5-7-12;1-8(2)9-4-5-10(7-15)11(6-9)12(3,13)14;1-9(2)12(14)8-10-6-4-5-7-11(10)13(3)15;1-9(2)10(3)11-7-5-4-6-8-11;;;;;;/h3-14,18-19H,15-17H2,1-2H3,(H,26,27);3-6,11-12,16,19H,7-10H2,1-2H3;4-6,9H,7H2,1-3H3;10-12H,4-9H2,1-3H3;4-6,8H,1-3H3;4-7,9,15H,3,8H2,1-2H3;4-10H,1-3H3;6*1H4/q;;;;;+1;;;;;;;/p+1. The molecule has 21 heteroatoms. The zero-order chi connectivity index (χ0) is 90.8. The molecule has 0 aromatic heterocycles. The van der Waals surface area contributed by atoms with Gasteiger partial charge in [0.2, 0.25) is 0 Å². The van der Waals surface area contributed by atoms with E-state index in [0.717, 1.165) is 133 Å². The largest absolute Gasteiger partial charge is 0.490 e. The third-order valence-corrected chi connectivity index (χ3v) is 22.7. The fraction of sp³-hybridized carbons (Fsp3) is 0.477. The second-order valence-electron chi connectivity index (χ2n) is 33.8. The number of methoxy groups -OCH3 is 1. The van der Waals surface area contributed by atoms with Crippen LogP contribution < -0.4 is 25.2 Å². The Bertz CT molecular complexity index is 4770. The molecule has 1 amide bonds. The molecule has 5 N–H and O–H groups in total. The number of anilines is 2. The summed E-state index contributed by atoms with van der Waals surface area (Å²) in [6.45, 7) is 39.3. The molecule has 1 unspecified atom stereocenters. The number of halogens is 2. The molecule has 18 nitrogen and oxygen atoms in total. The van der Waals surface area contributed by atoms with E-state index in [0.29, 0.717) is 71.3 Å². The molecule has 2 aliphatic rings. The maximum atomic E-state index is 13.2. The number of rotatable bonds is 29. The Morgan fingerprint density at radius 1 is 0.602 bits per heavy atom. The van der Waals surface area contributed by atoms with Gasteiger partial charge in [-0.05, 0) is 163 Å². The molecule has 1 aliphatic carbocycles. The van der Waals surface area contributed by atoms with E-state index in [1.807, 2.05) is 145 Å². The molecule has 0 spiro atoms. The summed E-state index contributed by atoms with van der Waals surface area (Å²) in [7, 11) is -1.87. The van der Waals surface area contributed by atoms with Crippen LogP contribution in [0.25, 0.3) is 0 Å². The average Bonchev–Trinajstić information content (AvgIpc) is 0.818. The van der Waals surface area contributed by atoms with Crippen molar-refractivity contribution in [2.75, 3.05) is 55.1 Å². The number of carbonyl (C=O) groups is 5. The quantitative estimate of drug-likeness (QED) is 0.00645. The first-order valence-electron chi connectivity index (χ1n) is 42.6. The van der Waals surface area contributed by atoms with Gasteiger partial charge in [-0.25, -0.2) is 27.2 Å². The Balaban J connectivity index is -0.00000144. The van der Waals surface area contributed by atoms with E-state index in [9.17, 15) is 51.6 Å². The number of nitriles is 2. The molecular formula is C107H158F2N6O12S+2. The summed E-state index contributed by atoms with van der Waals surface area (Å²) >= 11 is 0. The van der Waals surface area contributed by atoms with Crippen LogP contribution in [0.15, 0.2) is 194 Å². The van der Waals surface area contributed by atoms with Crippen molar-refractivity contribution in [2.24, 2.45) is 53.3 Å². The highest BCUT2D eigenvalue weighted by Crippen LogP contribution is 2.34. The van der Waals surface area contributed by atoms with Crippen molar-refractivity contribution in [1.29, 1.82) is 10.5 Å². The molecule has 1 aliphatic heterocycles. The number of esters is 1. The number of carbonyl (C=O) groups excluding carboxylic acids is 5. The Morgan fingerprint density at radius 2 is 1.13 bits per heavy atom. The monoisotopic (exact) mass is 1790 g/mol. The van der Waals surface area contributed by atoms with Crippen LogP contribution in [0.3, 0.4) is 0 Å². The van der Waals surface area contributed by atoms with Gasteiger partial charge in [-0.15, -0.1) is 0 Å². The summed E-state index contributed by atoms with van der Waals surface area (Å²) < 4.78 is 67.0. The van der Waals surface area contributed by atoms with Gasteiger partial charge in [-0.1, -0.05) is 290 Å². The SMILES string of the molecule is C.C.C.C.C.C.C=[N+](O)c1ccccc1CC(=O)C(C)C.CC(C)C(=O)C1CCN(c2ccccc2[NH2+]O)CC1.CC(C)C(C)c1ccccc1.CC(C)Cc1cccc(NC(=O)c2ccccc2OCCOc2ccccc2)c1.CC(C)c1ccc(C#N)c(C(C)(F)F)c1.CC1CCC(CS(=O)(=O)CC(=O)C(C)C)CC1.COC(=O)c1cccc(CC(C)C)c1C#N. The van der Waals surface area contributed by atoms with Crippen molar-refractivity contribution in [3.8, 4) is 23.6 Å². The van der Waals surface area contributed by atoms with Crippen LogP contribution in [0, 0.1) is 75.9 Å². The van der Waals surface area contributed by atoms with E-state index in [-0.39, 0.29) is 120 Å². The molecular weight excluding hydrogens is 1630 g/mol. The molecule has 8 aromatic rings. The van der Waals surface area contributed by atoms with Crippen LogP contribution in [-0.2, 0) is 54.1 Å². The number of para-hydroxylation sites is 5. The van der Waals surface area contributed by atoms with Crippen molar-refractivity contribution in [3.05, 3.63) is 250 Å². The lowest BCUT2D eigenvalue weighted by Gasteiger charge is -2.33. The summed E-state index contributed by atoms with van der Waals surface area (Å²) in [5.74, 6) is 1.83. The maximum absolute atomic E-state index is 13.2. The fourth-order valence-corrected chi connectivity index (χ4v) is 15.5. The van der Waals surface area contributed by atoms with E-state index < -0.39 is 21.7 Å². The van der Waals surface area contributed by atoms with E-state index in [2.05, 4.69) is 120 Å². The molecule has 0 bridgehead atoms. The second kappa shape index (κ2) is 62.5. The zero-order valence-corrected chi connectivity index (χ0v) is 76.0. The van der Waals surface area contributed by atoms with Crippen molar-refractivity contribution < 1.29 is 76.0 Å². The van der Waals surface area contributed by atoms with Gasteiger partial charge in [0, 0.05) is 83.8 Å². The summed E-state index contributed by atoms with van der Waals surface area (Å²) in [6, 6.07) is 64.3. The van der Waals surface area contributed by atoms with Gasteiger partial charge in [0.05, 0.1) is 41.2 Å². The minimum atomic E-state index is -3.19. The van der Waals surface area contributed by atoms with Crippen LogP contribution in [0.5, 0.6) is 11.5 Å². The van der Waals surface area contributed by atoms with Crippen molar-refractivity contribution in [3.63, 3.8) is 0 Å². The molecule has 1 atom stereocenters. The van der Waals surface area contributed by atoms with Crippen molar-refractivity contribution in [1.82, 2.24) is 0 Å². The molecule has 706 valence electrons. The van der Waals surface area contributed by atoms with Crippen LogP contribution in [0.4, 0.5) is 31.5 Å². The molecule has 1 heterocycles. The van der Waals surface area contributed by atoms with Gasteiger partial charge in [-0.2, -0.15) is 16.0 Å². The molecule has 128 heavy (non-hydrogen) atoms. The predicted octanol–water partition coefficient (Wildman–Crippen LogP) is 25.5. The number of hydrogen-bond acceptors (Lipinski definition) is 15. The smallest absolute Gasteiger partial charge is 0.339 e. The number of amides is 1. The molecule has 1 saturated heterocycles. The Labute approximate surface area is 770 Å². The van der Waals surface area contributed by atoms with E-state index in [1.54, 1.807) is 62.4 Å². The predicted molar refractivity (Wildman–Crippen MR) is 526 cm³/mol. The van der Waals surface area contributed by atoms with Crippen LogP contribution in [-0.4, -0.2) is 104 Å². The number of benzene rings is 8. The van der Waals surface area contributed by atoms with Crippen molar-refractivity contribution in [2.45, 2.75) is 238 Å². The minimum Gasteiger partial charge on any atom is -0.490 e. The maximum Gasteiger partial charge on any atom is 0.339 e. The third kappa shape index (κ3) is 43.4. The van der Waals surface area contributed by atoms with Gasteiger partial charge in [0.25, 0.3) is 17.5 Å². The third-order valence-electron chi connectivity index (χ3n) is 21.0. The first-order valence-corrected chi connectivity index (χ1v) is 44.4. The van der Waals surface area contributed by atoms with Gasteiger partial charge in [0.1, 0.15) is 59.6 Å².